The first-order chi connectivity index (χ1) is 6.65. The predicted octanol–water partition coefficient (Wildman–Crippen LogP) is 2.40. The Balaban J connectivity index is 2.64. The van der Waals surface area contributed by atoms with E-state index in [4.69, 9.17) is 4.74 Å². The zero-order valence-electron chi connectivity index (χ0n) is 7.67. The molecule has 14 heavy (non-hydrogen) atoms. The Morgan fingerprint density at radius 2 is 2.50 bits per heavy atom. The molecule has 1 heterocycles. The van der Waals surface area contributed by atoms with Crippen LogP contribution in [0.2, 0.25) is 0 Å². The maximum absolute atomic E-state index is 11.5. The summed E-state index contributed by atoms with van der Waals surface area (Å²) in [4.78, 5) is 12.1. The highest BCUT2D eigenvalue weighted by Gasteiger charge is 2.12. The summed E-state index contributed by atoms with van der Waals surface area (Å²) in [5, 5.41) is 4.52. The van der Waals surface area contributed by atoms with Gasteiger partial charge >= 0.3 is 0 Å². The van der Waals surface area contributed by atoms with Crippen molar-refractivity contribution in [3.63, 3.8) is 0 Å². The first-order valence-corrected chi connectivity index (χ1v) is 5.55. The van der Waals surface area contributed by atoms with E-state index in [0.29, 0.717) is 17.2 Å². The maximum atomic E-state index is 11.5. The van der Waals surface area contributed by atoms with E-state index in [1.165, 1.54) is 11.3 Å². The Hall–Kier alpha value is -0.810. The minimum Gasteiger partial charge on any atom is -0.495 e. The van der Waals surface area contributed by atoms with E-state index in [2.05, 4.69) is 27.8 Å². The molecule has 0 saturated carbocycles. The molecule has 0 spiro atoms. The number of rotatable bonds is 4. The molecule has 1 aromatic heterocycles. The second-order valence-corrected chi connectivity index (χ2v) is 4.56. The lowest BCUT2D eigenvalue weighted by Crippen LogP contribution is -2.23. The molecule has 0 fully saturated rings. The third kappa shape index (κ3) is 2.85. The van der Waals surface area contributed by atoms with Crippen LogP contribution in [-0.4, -0.2) is 19.6 Å². The fourth-order valence-electron chi connectivity index (χ4n) is 0.880. The van der Waals surface area contributed by atoms with Crippen LogP contribution < -0.4 is 10.1 Å². The minimum absolute atomic E-state index is 0.141. The van der Waals surface area contributed by atoms with E-state index in [9.17, 15) is 4.79 Å². The molecule has 1 N–H and O–H groups in total. The Labute approximate surface area is 94.9 Å². The molecule has 0 aliphatic heterocycles. The van der Waals surface area contributed by atoms with Crippen LogP contribution in [-0.2, 0) is 0 Å². The smallest absolute Gasteiger partial charge is 0.265 e. The SMILES string of the molecule is C=C(Br)CNC(=O)c1sccc1OC. The van der Waals surface area contributed by atoms with Crippen LogP contribution in [0.5, 0.6) is 5.75 Å². The Bertz CT molecular complexity index is 348. The van der Waals surface area contributed by atoms with Gasteiger partial charge in [-0.2, -0.15) is 0 Å². The zero-order chi connectivity index (χ0) is 10.6. The van der Waals surface area contributed by atoms with Gasteiger partial charge in [-0.25, -0.2) is 0 Å². The molecule has 0 radical (unpaired) electrons. The second kappa shape index (κ2) is 5.17. The molecule has 0 bridgehead atoms. The zero-order valence-corrected chi connectivity index (χ0v) is 10.1. The summed E-state index contributed by atoms with van der Waals surface area (Å²) in [5.74, 6) is 0.463. The number of carbonyl (C=O) groups excluding carboxylic acids is 1. The summed E-state index contributed by atoms with van der Waals surface area (Å²) < 4.78 is 5.77. The van der Waals surface area contributed by atoms with Gasteiger partial charge in [0.1, 0.15) is 10.6 Å². The van der Waals surface area contributed by atoms with Crippen molar-refractivity contribution in [2.45, 2.75) is 0 Å². The topological polar surface area (TPSA) is 38.3 Å². The number of hydrogen-bond donors (Lipinski definition) is 1. The molecule has 0 saturated heterocycles. The minimum atomic E-state index is -0.141. The summed E-state index contributed by atoms with van der Waals surface area (Å²) in [7, 11) is 1.54. The number of nitrogens with one attached hydrogen (secondary N) is 1. The molecular formula is C9H10BrNO2S. The first-order valence-electron chi connectivity index (χ1n) is 3.88. The van der Waals surface area contributed by atoms with Crippen LogP contribution >= 0.6 is 27.3 Å². The highest BCUT2D eigenvalue weighted by atomic mass is 79.9. The van der Waals surface area contributed by atoms with Crippen molar-refractivity contribution in [2.75, 3.05) is 13.7 Å². The van der Waals surface area contributed by atoms with Gasteiger partial charge in [0.15, 0.2) is 0 Å². The summed E-state index contributed by atoms with van der Waals surface area (Å²) in [6, 6.07) is 1.77. The molecule has 0 atom stereocenters. The average molecular weight is 276 g/mol. The summed E-state index contributed by atoms with van der Waals surface area (Å²) in [6.07, 6.45) is 0. The lowest BCUT2D eigenvalue weighted by Gasteiger charge is -2.03. The van der Waals surface area contributed by atoms with Crippen LogP contribution in [0.15, 0.2) is 22.5 Å². The van der Waals surface area contributed by atoms with Gasteiger partial charge in [0.25, 0.3) is 5.91 Å². The van der Waals surface area contributed by atoms with Crippen LogP contribution in [0.3, 0.4) is 0 Å². The van der Waals surface area contributed by atoms with Crippen LogP contribution in [0, 0.1) is 0 Å². The maximum Gasteiger partial charge on any atom is 0.265 e. The Morgan fingerprint density at radius 3 is 3.07 bits per heavy atom. The number of amides is 1. The molecule has 1 aromatic rings. The molecule has 76 valence electrons. The van der Waals surface area contributed by atoms with Gasteiger partial charge in [0, 0.05) is 11.0 Å². The molecule has 0 aromatic carbocycles. The average Bonchev–Trinajstić information content (AvgIpc) is 2.61. The molecule has 5 heteroatoms. The van der Waals surface area contributed by atoms with Crippen LogP contribution in [0.1, 0.15) is 9.67 Å². The summed E-state index contributed by atoms with van der Waals surface area (Å²) in [6.45, 7) is 4.04. The predicted molar refractivity (Wildman–Crippen MR) is 61.3 cm³/mol. The van der Waals surface area contributed by atoms with Crippen molar-refractivity contribution in [3.05, 3.63) is 27.4 Å². The van der Waals surface area contributed by atoms with E-state index in [-0.39, 0.29) is 5.91 Å². The molecule has 0 aliphatic carbocycles. The molecule has 0 unspecified atom stereocenters. The third-order valence-corrected chi connectivity index (χ3v) is 2.67. The molecule has 1 rings (SSSR count). The van der Waals surface area contributed by atoms with Gasteiger partial charge in [0.2, 0.25) is 0 Å². The Kier molecular flexibility index (Phi) is 4.16. The van der Waals surface area contributed by atoms with Crippen LogP contribution in [0.25, 0.3) is 0 Å². The van der Waals surface area contributed by atoms with Crippen molar-refractivity contribution in [3.8, 4) is 5.75 Å². The second-order valence-electron chi connectivity index (χ2n) is 2.52. The highest BCUT2D eigenvalue weighted by Crippen LogP contribution is 2.23. The van der Waals surface area contributed by atoms with Gasteiger partial charge in [-0.1, -0.05) is 22.5 Å². The van der Waals surface area contributed by atoms with Gasteiger partial charge < -0.3 is 10.1 Å². The molecule has 1 amide bonds. The first kappa shape index (κ1) is 11.3. The van der Waals surface area contributed by atoms with E-state index in [1.54, 1.807) is 13.2 Å². The number of ether oxygens (including phenoxy) is 1. The lowest BCUT2D eigenvalue weighted by atomic mass is 10.4. The van der Waals surface area contributed by atoms with Gasteiger partial charge in [-0.15, -0.1) is 11.3 Å². The monoisotopic (exact) mass is 275 g/mol. The van der Waals surface area contributed by atoms with Crippen LogP contribution in [0.4, 0.5) is 0 Å². The number of methoxy groups -OCH3 is 1. The lowest BCUT2D eigenvalue weighted by molar-refractivity contribution is 0.0959. The normalized spacial score (nSPS) is 9.57. The Morgan fingerprint density at radius 1 is 1.79 bits per heavy atom. The number of hydrogen-bond acceptors (Lipinski definition) is 3. The van der Waals surface area contributed by atoms with E-state index >= 15 is 0 Å². The van der Waals surface area contributed by atoms with Crippen molar-refractivity contribution < 1.29 is 9.53 Å². The van der Waals surface area contributed by atoms with E-state index < -0.39 is 0 Å². The van der Waals surface area contributed by atoms with Gasteiger partial charge in [-0.3, -0.25) is 4.79 Å². The van der Waals surface area contributed by atoms with Crippen molar-refractivity contribution >= 4 is 33.2 Å². The van der Waals surface area contributed by atoms with E-state index in [0.717, 1.165) is 4.48 Å². The fraction of sp³-hybridized carbons (Fsp3) is 0.222. The van der Waals surface area contributed by atoms with Crippen molar-refractivity contribution in [2.24, 2.45) is 0 Å². The standard InChI is InChI=1S/C9H10BrNO2S/c1-6(10)5-11-9(12)8-7(13-2)3-4-14-8/h3-4H,1,5H2,2H3,(H,11,12). The summed E-state index contributed by atoms with van der Waals surface area (Å²) in [5.41, 5.74) is 0. The third-order valence-electron chi connectivity index (χ3n) is 1.50. The number of halogens is 1. The molecular weight excluding hydrogens is 266 g/mol. The van der Waals surface area contributed by atoms with E-state index in [1.807, 2.05) is 5.38 Å². The van der Waals surface area contributed by atoms with Crippen molar-refractivity contribution in [1.82, 2.24) is 5.32 Å². The number of carbonyl (C=O) groups is 1. The summed E-state index contributed by atoms with van der Waals surface area (Å²) >= 11 is 4.52. The quantitative estimate of drug-likeness (QED) is 0.917. The molecule has 0 aliphatic rings. The fourth-order valence-corrected chi connectivity index (χ4v) is 1.79. The van der Waals surface area contributed by atoms with Gasteiger partial charge in [-0.05, 0) is 11.4 Å². The molecule has 3 nitrogen and oxygen atoms in total. The largest absolute Gasteiger partial charge is 0.495 e. The number of thiophene rings is 1. The van der Waals surface area contributed by atoms with Gasteiger partial charge in [0.05, 0.1) is 7.11 Å². The highest BCUT2D eigenvalue weighted by molar-refractivity contribution is 9.11. The van der Waals surface area contributed by atoms with Crippen molar-refractivity contribution in [1.29, 1.82) is 0 Å².